The zero-order chi connectivity index (χ0) is 19.2. The van der Waals surface area contributed by atoms with E-state index in [1.165, 1.54) is 0 Å². The number of anilines is 1. The molecule has 0 spiro atoms. The number of amides is 2. The topological polar surface area (TPSA) is 90.7 Å². The maximum atomic E-state index is 12.8. The Kier molecular flexibility index (Phi) is 5.37. The highest BCUT2D eigenvalue weighted by molar-refractivity contribution is 6.08. The van der Waals surface area contributed by atoms with Crippen molar-refractivity contribution >= 4 is 17.7 Å². The Labute approximate surface area is 156 Å². The molecule has 0 aromatic heterocycles. The second-order valence-corrected chi connectivity index (χ2v) is 5.67. The number of ether oxygens (including phenoxy) is 2. The van der Waals surface area contributed by atoms with Crippen LogP contribution in [-0.4, -0.2) is 19.1 Å². The highest BCUT2D eigenvalue weighted by Crippen LogP contribution is 2.26. The normalized spacial score (nSPS) is 10.1. The van der Waals surface area contributed by atoms with Gasteiger partial charge in [-0.1, -0.05) is 30.3 Å². The number of methoxy groups -OCH3 is 1. The molecule has 0 bridgehead atoms. The summed E-state index contributed by atoms with van der Waals surface area (Å²) in [4.78, 5) is 23.5. The lowest BCUT2D eigenvalue weighted by atomic mass is 9.99. The standard InChI is InChI=1S/C21H18N2O4/c1-26-16-10-6-14(7-11-16)18-4-2-3-5-19(18)20(24)23-15-8-12-17(13-9-15)27-21(22)25/h2-13H,1H3,(H2,22,25)(H,23,24). The molecule has 2 amide bonds. The Hall–Kier alpha value is -3.80. The third kappa shape index (κ3) is 4.43. The van der Waals surface area contributed by atoms with Crippen LogP contribution in [0.25, 0.3) is 11.1 Å². The van der Waals surface area contributed by atoms with E-state index in [2.05, 4.69) is 5.32 Å². The first-order chi connectivity index (χ1) is 13.1. The summed E-state index contributed by atoms with van der Waals surface area (Å²) in [6.07, 6.45) is -0.889. The molecule has 0 atom stereocenters. The van der Waals surface area contributed by atoms with E-state index in [1.54, 1.807) is 37.4 Å². The second kappa shape index (κ2) is 8.05. The summed E-state index contributed by atoms with van der Waals surface area (Å²) in [7, 11) is 1.61. The molecule has 0 radical (unpaired) electrons. The molecule has 0 aliphatic rings. The van der Waals surface area contributed by atoms with Gasteiger partial charge in [0.15, 0.2) is 0 Å². The van der Waals surface area contributed by atoms with Crippen molar-refractivity contribution in [1.29, 1.82) is 0 Å². The molecule has 3 aromatic carbocycles. The van der Waals surface area contributed by atoms with E-state index in [0.717, 1.165) is 16.9 Å². The fraction of sp³-hybridized carbons (Fsp3) is 0.0476. The Morgan fingerprint density at radius 1 is 0.852 bits per heavy atom. The molecule has 0 fully saturated rings. The van der Waals surface area contributed by atoms with E-state index in [1.807, 2.05) is 42.5 Å². The average Bonchev–Trinajstić information content (AvgIpc) is 2.69. The van der Waals surface area contributed by atoms with Crippen molar-refractivity contribution in [2.75, 3.05) is 12.4 Å². The Morgan fingerprint density at radius 3 is 2.11 bits per heavy atom. The molecule has 6 heteroatoms. The van der Waals surface area contributed by atoms with Crippen molar-refractivity contribution in [2.24, 2.45) is 5.73 Å². The van der Waals surface area contributed by atoms with Crippen LogP contribution < -0.4 is 20.5 Å². The van der Waals surface area contributed by atoms with Crippen molar-refractivity contribution in [3.63, 3.8) is 0 Å². The zero-order valence-corrected chi connectivity index (χ0v) is 14.6. The molecular weight excluding hydrogens is 344 g/mol. The van der Waals surface area contributed by atoms with Gasteiger partial charge in [-0.2, -0.15) is 0 Å². The van der Waals surface area contributed by atoms with Crippen LogP contribution in [0.5, 0.6) is 11.5 Å². The first-order valence-corrected chi connectivity index (χ1v) is 8.19. The summed E-state index contributed by atoms with van der Waals surface area (Å²) in [5, 5.41) is 2.84. The predicted octanol–water partition coefficient (Wildman–Crippen LogP) is 4.07. The van der Waals surface area contributed by atoms with Crippen molar-refractivity contribution in [3.05, 3.63) is 78.4 Å². The predicted molar refractivity (Wildman–Crippen MR) is 103 cm³/mol. The summed E-state index contributed by atoms with van der Waals surface area (Å²) < 4.78 is 9.95. The SMILES string of the molecule is COc1ccc(-c2ccccc2C(=O)Nc2ccc(OC(N)=O)cc2)cc1. The van der Waals surface area contributed by atoms with Crippen LogP contribution >= 0.6 is 0 Å². The zero-order valence-electron chi connectivity index (χ0n) is 14.6. The smallest absolute Gasteiger partial charge is 0.409 e. The Balaban J connectivity index is 1.81. The van der Waals surface area contributed by atoms with Crippen LogP contribution in [0.15, 0.2) is 72.8 Å². The average molecular weight is 362 g/mol. The quantitative estimate of drug-likeness (QED) is 0.716. The van der Waals surface area contributed by atoms with E-state index >= 15 is 0 Å². The van der Waals surface area contributed by atoms with Crippen LogP contribution in [-0.2, 0) is 0 Å². The van der Waals surface area contributed by atoms with Gasteiger partial charge in [0.1, 0.15) is 11.5 Å². The van der Waals surface area contributed by atoms with Crippen LogP contribution in [0, 0.1) is 0 Å². The maximum Gasteiger partial charge on any atom is 0.409 e. The molecule has 27 heavy (non-hydrogen) atoms. The fourth-order valence-corrected chi connectivity index (χ4v) is 2.62. The lowest BCUT2D eigenvalue weighted by Gasteiger charge is -2.11. The molecular formula is C21H18N2O4. The molecule has 6 nitrogen and oxygen atoms in total. The minimum atomic E-state index is -0.889. The molecule has 0 saturated heterocycles. The highest BCUT2D eigenvalue weighted by Gasteiger charge is 2.13. The van der Waals surface area contributed by atoms with Crippen molar-refractivity contribution in [2.45, 2.75) is 0 Å². The molecule has 3 aromatic rings. The van der Waals surface area contributed by atoms with Gasteiger partial charge in [-0.3, -0.25) is 4.79 Å². The van der Waals surface area contributed by atoms with E-state index in [-0.39, 0.29) is 5.91 Å². The molecule has 0 heterocycles. The van der Waals surface area contributed by atoms with E-state index < -0.39 is 6.09 Å². The Morgan fingerprint density at radius 2 is 1.48 bits per heavy atom. The number of benzene rings is 3. The monoisotopic (exact) mass is 362 g/mol. The fourth-order valence-electron chi connectivity index (χ4n) is 2.62. The molecule has 0 aliphatic carbocycles. The number of hydrogen-bond donors (Lipinski definition) is 2. The second-order valence-electron chi connectivity index (χ2n) is 5.67. The number of hydrogen-bond acceptors (Lipinski definition) is 4. The molecule has 136 valence electrons. The minimum Gasteiger partial charge on any atom is -0.497 e. The summed E-state index contributed by atoms with van der Waals surface area (Å²) >= 11 is 0. The van der Waals surface area contributed by atoms with Gasteiger partial charge in [-0.15, -0.1) is 0 Å². The summed E-state index contributed by atoms with van der Waals surface area (Å²) in [5.74, 6) is 0.808. The molecule has 0 unspecified atom stereocenters. The third-order valence-corrected chi connectivity index (χ3v) is 3.90. The Bertz CT molecular complexity index is 951. The van der Waals surface area contributed by atoms with E-state index in [4.69, 9.17) is 15.2 Å². The summed E-state index contributed by atoms with van der Waals surface area (Å²) in [6, 6.07) is 21.2. The van der Waals surface area contributed by atoms with Gasteiger partial charge < -0.3 is 20.5 Å². The number of rotatable bonds is 5. The number of carbonyl (C=O) groups excluding carboxylic acids is 2. The lowest BCUT2D eigenvalue weighted by molar-refractivity contribution is 0.102. The van der Waals surface area contributed by atoms with Gasteiger partial charge in [0.25, 0.3) is 5.91 Å². The molecule has 0 aliphatic heterocycles. The third-order valence-electron chi connectivity index (χ3n) is 3.90. The van der Waals surface area contributed by atoms with Gasteiger partial charge in [-0.05, 0) is 53.6 Å². The first kappa shape index (κ1) is 18.0. The van der Waals surface area contributed by atoms with Gasteiger partial charge in [0.2, 0.25) is 0 Å². The van der Waals surface area contributed by atoms with E-state index in [9.17, 15) is 9.59 Å². The minimum absolute atomic E-state index is 0.245. The van der Waals surface area contributed by atoms with Gasteiger partial charge in [-0.25, -0.2) is 4.79 Å². The number of nitrogens with one attached hydrogen (secondary N) is 1. The van der Waals surface area contributed by atoms with Crippen LogP contribution in [0.4, 0.5) is 10.5 Å². The first-order valence-electron chi connectivity index (χ1n) is 8.19. The van der Waals surface area contributed by atoms with Crippen molar-refractivity contribution < 1.29 is 19.1 Å². The number of primary amides is 1. The van der Waals surface area contributed by atoms with Gasteiger partial charge in [0, 0.05) is 11.3 Å². The van der Waals surface area contributed by atoms with Crippen molar-refractivity contribution in [3.8, 4) is 22.6 Å². The van der Waals surface area contributed by atoms with Crippen LogP contribution in [0.2, 0.25) is 0 Å². The lowest BCUT2D eigenvalue weighted by Crippen LogP contribution is -2.16. The molecule has 3 rings (SSSR count). The highest BCUT2D eigenvalue weighted by atomic mass is 16.5. The largest absolute Gasteiger partial charge is 0.497 e. The van der Waals surface area contributed by atoms with Crippen LogP contribution in [0.1, 0.15) is 10.4 Å². The van der Waals surface area contributed by atoms with Crippen molar-refractivity contribution in [1.82, 2.24) is 0 Å². The van der Waals surface area contributed by atoms with Gasteiger partial charge in [0.05, 0.1) is 7.11 Å². The van der Waals surface area contributed by atoms with Gasteiger partial charge >= 0.3 is 6.09 Å². The van der Waals surface area contributed by atoms with Crippen LogP contribution in [0.3, 0.4) is 0 Å². The molecule has 3 N–H and O–H groups in total. The van der Waals surface area contributed by atoms with E-state index in [0.29, 0.717) is 17.0 Å². The number of nitrogens with two attached hydrogens (primary N) is 1. The number of carbonyl (C=O) groups is 2. The summed E-state index contributed by atoms with van der Waals surface area (Å²) in [6.45, 7) is 0. The maximum absolute atomic E-state index is 12.8. The summed E-state index contributed by atoms with van der Waals surface area (Å²) in [5.41, 5.74) is 7.80. The molecule has 0 saturated carbocycles.